The first-order valence-electron chi connectivity index (χ1n) is 10.8. The molecule has 2 aliphatic rings. The summed E-state index contributed by atoms with van der Waals surface area (Å²) in [4.78, 5) is 39.3. The van der Waals surface area contributed by atoms with Gasteiger partial charge in [0.2, 0.25) is 6.23 Å². The lowest BCUT2D eigenvalue weighted by Gasteiger charge is -2.31. The number of benzene rings is 1. The smallest absolute Gasteiger partial charge is 0.475 e. The lowest BCUT2D eigenvalue weighted by atomic mass is 10.1. The van der Waals surface area contributed by atoms with Gasteiger partial charge in [-0.25, -0.2) is 9.36 Å². The summed E-state index contributed by atoms with van der Waals surface area (Å²) < 4.78 is 63.9. The molecule has 4 rings (SSSR count). The van der Waals surface area contributed by atoms with E-state index in [9.17, 15) is 18.9 Å². The van der Waals surface area contributed by atoms with Gasteiger partial charge in [-0.2, -0.15) is 13.8 Å². The molecule has 0 bridgehead atoms. The number of nitrogens with one attached hydrogen (secondary N) is 1. The normalized spacial score (nSPS) is 27.7. The van der Waals surface area contributed by atoms with Crippen LogP contribution in [0, 0.1) is 5.92 Å². The summed E-state index contributed by atoms with van der Waals surface area (Å²) in [6.45, 7) is 0.460. The fourth-order valence-corrected chi connectivity index (χ4v) is 4.95. The number of carbonyl (C=O) groups is 2. The van der Waals surface area contributed by atoms with Gasteiger partial charge in [-0.15, -0.1) is 0 Å². The zero-order valence-electron chi connectivity index (χ0n) is 18.8. The number of ether oxygens (including phenoxy) is 1. The predicted octanol–water partition coefficient (Wildman–Crippen LogP) is 2.68. The third kappa shape index (κ3) is 5.37. The Balaban J connectivity index is 1.45. The molecule has 0 radical (unpaired) electrons. The second-order valence-corrected chi connectivity index (χ2v) is 9.78. The van der Waals surface area contributed by atoms with Gasteiger partial charge in [0.15, 0.2) is 6.10 Å². The highest BCUT2D eigenvalue weighted by molar-refractivity contribution is 7.48. The van der Waals surface area contributed by atoms with Gasteiger partial charge in [-0.05, 0) is 24.6 Å². The van der Waals surface area contributed by atoms with E-state index in [1.54, 1.807) is 30.3 Å². The number of fused-ring (bicyclic) bond motifs is 1. The summed E-state index contributed by atoms with van der Waals surface area (Å²) in [7, 11) is -4.44. The molecule has 2 saturated heterocycles. The second kappa shape index (κ2) is 10.1. The molecule has 2 N–H and O–H groups in total. The molecule has 194 valence electrons. The number of rotatable bonds is 8. The Labute approximate surface area is 202 Å². The molecule has 12 nitrogen and oxygen atoms in total. The van der Waals surface area contributed by atoms with Crippen LogP contribution in [-0.4, -0.2) is 57.9 Å². The van der Waals surface area contributed by atoms with Crippen LogP contribution in [0.4, 0.5) is 14.6 Å². The van der Waals surface area contributed by atoms with Crippen LogP contribution in [0.5, 0.6) is 0 Å². The van der Waals surface area contributed by atoms with Gasteiger partial charge in [0, 0.05) is 11.8 Å². The SMILES string of the molecule is C[C@H](CCOP1(=O)OC[C@H]2O[C@@H](n3ccc(NC(=O)c4ccccc4)nc3=O)C(F)(F)[C@@H]2O1)C(=O)O. The van der Waals surface area contributed by atoms with Crippen molar-refractivity contribution in [3.63, 3.8) is 0 Å². The van der Waals surface area contributed by atoms with E-state index >= 15 is 8.78 Å². The number of aromatic nitrogens is 2. The predicted molar refractivity (Wildman–Crippen MR) is 118 cm³/mol. The molecule has 1 aromatic heterocycles. The number of anilines is 1. The van der Waals surface area contributed by atoms with Crippen LogP contribution in [0.2, 0.25) is 0 Å². The van der Waals surface area contributed by atoms with Crippen molar-refractivity contribution in [1.82, 2.24) is 9.55 Å². The van der Waals surface area contributed by atoms with Crippen LogP contribution in [0.3, 0.4) is 0 Å². The Morgan fingerprint density at radius 1 is 1.33 bits per heavy atom. The summed E-state index contributed by atoms with van der Waals surface area (Å²) >= 11 is 0. The zero-order chi connectivity index (χ0) is 26.1. The third-order valence-electron chi connectivity index (χ3n) is 5.57. The van der Waals surface area contributed by atoms with Gasteiger partial charge >= 0.3 is 25.4 Å². The number of carboxylic acids is 1. The van der Waals surface area contributed by atoms with E-state index in [0.29, 0.717) is 10.1 Å². The van der Waals surface area contributed by atoms with Gasteiger partial charge in [0.1, 0.15) is 11.9 Å². The number of phosphoric acid groups is 1. The van der Waals surface area contributed by atoms with Crippen molar-refractivity contribution in [2.75, 3.05) is 18.5 Å². The first-order valence-corrected chi connectivity index (χ1v) is 12.3. The molecule has 0 saturated carbocycles. The Hall–Kier alpha value is -3.03. The number of hydrogen-bond donors (Lipinski definition) is 2. The van der Waals surface area contributed by atoms with Crippen molar-refractivity contribution >= 4 is 25.5 Å². The topological polar surface area (TPSA) is 155 Å². The van der Waals surface area contributed by atoms with E-state index in [4.69, 9.17) is 23.4 Å². The Morgan fingerprint density at radius 3 is 2.72 bits per heavy atom. The Morgan fingerprint density at radius 2 is 2.06 bits per heavy atom. The molecule has 1 amide bonds. The van der Waals surface area contributed by atoms with E-state index in [1.807, 2.05) is 0 Å². The summed E-state index contributed by atoms with van der Waals surface area (Å²) in [5, 5.41) is 11.3. The summed E-state index contributed by atoms with van der Waals surface area (Å²) in [6.07, 6.45) is -4.67. The molecule has 36 heavy (non-hydrogen) atoms. The minimum atomic E-state index is -4.44. The van der Waals surface area contributed by atoms with Crippen molar-refractivity contribution in [1.29, 1.82) is 0 Å². The van der Waals surface area contributed by atoms with Crippen molar-refractivity contribution in [2.45, 2.75) is 37.7 Å². The lowest BCUT2D eigenvalue weighted by Crippen LogP contribution is -2.45. The Bertz CT molecular complexity index is 1240. The molecule has 5 atom stereocenters. The molecule has 2 aromatic rings. The summed E-state index contributed by atoms with van der Waals surface area (Å²) in [6, 6.07) is 9.25. The summed E-state index contributed by atoms with van der Waals surface area (Å²) in [5.41, 5.74) is -0.827. The molecule has 0 aliphatic carbocycles. The minimum Gasteiger partial charge on any atom is -0.481 e. The van der Waals surface area contributed by atoms with Gasteiger partial charge in [0.25, 0.3) is 5.91 Å². The highest BCUT2D eigenvalue weighted by atomic mass is 31.2. The average molecular weight is 529 g/mol. The third-order valence-corrected chi connectivity index (χ3v) is 7.02. The molecular formula is C21H22F2N3O9P. The van der Waals surface area contributed by atoms with Crippen molar-refractivity contribution < 1.29 is 46.3 Å². The first-order chi connectivity index (χ1) is 17.0. The quantitative estimate of drug-likeness (QED) is 0.488. The molecule has 1 unspecified atom stereocenters. The van der Waals surface area contributed by atoms with E-state index < -0.39 is 62.3 Å². The number of phosphoric ester groups is 1. The number of hydrogen-bond acceptors (Lipinski definition) is 9. The summed E-state index contributed by atoms with van der Waals surface area (Å²) in [5.74, 6) is -6.48. The van der Waals surface area contributed by atoms with Crippen molar-refractivity contribution in [2.24, 2.45) is 5.92 Å². The fraction of sp³-hybridized carbons (Fsp3) is 0.429. The van der Waals surface area contributed by atoms with E-state index in [1.165, 1.54) is 6.92 Å². The number of aliphatic carboxylic acids is 1. The Kier molecular flexibility index (Phi) is 7.34. The van der Waals surface area contributed by atoms with Gasteiger partial charge in [0.05, 0.1) is 19.1 Å². The van der Waals surface area contributed by atoms with Crippen LogP contribution in [0.15, 0.2) is 47.4 Å². The highest BCUT2D eigenvalue weighted by Gasteiger charge is 2.65. The van der Waals surface area contributed by atoms with Crippen LogP contribution < -0.4 is 11.0 Å². The van der Waals surface area contributed by atoms with Gasteiger partial charge in [-0.3, -0.25) is 27.7 Å². The van der Waals surface area contributed by atoms with Crippen molar-refractivity contribution in [3.8, 4) is 0 Å². The number of nitrogens with zero attached hydrogens (tertiary/aromatic N) is 2. The van der Waals surface area contributed by atoms with E-state index in [0.717, 1.165) is 12.3 Å². The molecule has 2 aliphatic heterocycles. The minimum absolute atomic E-state index is 0.0517. The number of halogens is 2. The van der Waals surface area contributed by atoms with Crippen LogP contribution >= 0.6 is 7.82 Å². The highest BCUT2D eigenvalue weighted by Crippen LogP contribution is 2.59. The molecule has 0 spiro atoms. The number of amides is 1. The standard InChI is InChI=1S/C21H22F2N3O9P/c1-12(18(28)29)8-10-32-36(31)33-11-14-16(35-36)21(22,23)19(34-14)26-9-7-15(25-20(26)30)24-17(27)13-5-3-2-4-6-13/h2-7,9,12,14,16,19H,8,10-11H2,1H3,(H,28,29)(H,24,25,27,30)/t12-,14-,16-,19-,36?/m1/s1. The number of carbonyl (C=O) groups excluding carboxylic acids is 1. The fourth-order valence-electron chi connectivity index (χ4n) is 3.54. The molecule has 15 heteroatoms. The zero-order valence-corrected chi connectivity index (χ0v) is 19.7. The molecule has 1 aromatic carbocycles. The second-order valence-electron chi connectivity index (χ2n) is 8.15. The van der Waals surface area contributed by atoms with E-state index in [2.05, 4.69) is 10.3 Å². The first kappa shape index (κ1) is 26.0. The van der Waals surface area contributed by atoms with Crippen molar-refractivity contribution in [3.05, 3.63) is 58.6 Å². The average Bonchev–Trinajstić information content (AvgIpc) is 3.09. The maximum atomic E-state index is 15.2. The van der Waals surface area contributed by atoms with Crippen LogP contribution in [0.1, 0.15) is 29.9 Å². The van der Waals surface area contributed by atoms with Crippen LogP contribution in [0.25, 0.3) is 0 Å². The largest absolute Gasteiger partial charge is 0.481 e. The van der Waals surface area contributed by atoms with E-state index in [-0.39, 0.29) is 18.8 Å². The van der Waals surface area contributed by atoms with Gasteiger partial charge in [-0.1, -0.05) is 25.1 Å². The molecule has 3 heterocycles. The molecular weight excluding hydrogens is 507 g/mol. The lowest BCUT2D eigenvalue weighted by molar-refractivity contribution is -0.142. The maximum absolute atomic E-state index is 15.2. The number of alkyl halides is 2. The van der Waals surface area contributed by atoms with Crippen LogP contribution in [-0.2, 0) is 27.7 Å². The van der Waals surface area contributed by atoms with Gasteiger partial charge < -0.3 is 15.2 Å². The number of carboxylic acid groups (broad SMARTS) is 1. The maximum Gasteiger partial charge on any atom is 0.475 e. The monoisotopic (exact) mass is 529 g/mol. The molecule has 2 fully saturated rings.